The molecule has 1 aromatic rings. The van der Waals surface area contributed by atoms with Gasteiger partial charge in [-0.15, -0.1) is 0 Å². The number of carboxylic acid groups (broad SMARTS) is 1. The van der Waals surface area contributed by atoms with Crippen molar-refractivity contribution in [2.45, 2.75) is 13.3 Å². The zero-order valence-electron chi connectivity index (χ0n) is 7.79. The summed E-state index contributed by atoms with van der Waals surface area (Å²) in [5.41, 5.74) is 0.672. The second kappa shape index (κ2) is 4.86. The van der Waals surface area contributed by atoms with Gasteiger partial charge in [0.25, 0.3) is 0 Å². The van der Waals surface area contributed by atoms with Crippen molar-refractivity contribution in [3.63, 3.8) is 0 Å². The van der Waals surface area contributed by atoms with Gasteiger partial charge in [-0.2, -0.15) is 0 Å². The van der Waals surface area contributed by atoms with Crippen molar-refractivity contribution in [1.82, 2.24) is 0 Å². The van der Waals surface area contributed by atoms with E-state index in [0.717, 1.165) is 0 Å². The first-order valence-corrected chi connectivity index (χ1v) is 4.64. The molecule has 0 aliphatic heterocycles. The number of hydrogen-bond donors (Lipinski definition) is 1. The van der Waals surface area contributed by atoms with Gasteiger partial charge < -0.3 is 9.84 Å². The molecule has 0 radical (unpaired) electrons. The first-order chi connectivity index (χ1) is 6.63. The molecular formula is C10H11ClO3. The maximum absolute atomic E-state index is 10.4. The number of halogens is 1. The van der Waals surface area contributed by atoms with Gasteiger partial charge in [-0.3, -0.25) is 4.79 Å². The Bertz CT molecular complexity index is 336. The molecule has 0 bridgehead atoms. The highest BCUT2D eigenvalue weighted by Gasteiger charge is 2.05. The number of aliphatic carboxylic acids is 1. The van der Waals surface area contributed by atoms with Gasteiger partial charge in [0.05, 0.1) is 18.1 Å². The fourth-order valence-corrected chi connectivity index (χ4v) is 1.36. The zero-order chi connectivity index (χ0) is 10.6. The van der Waals surface area contributed by atoms with Crippen molar-refractivity contribution in [2.75, 3.05) is 6.61 Å². The summed E-state index contributed by atoms with van der Waals surface area (Å²) >= 11 is 5.87. The van der Waals surface area contributed by atoms with Crippen LogP contribution in [-0.2, 0) is 11.2 Å². The van der Waals surface area contributed by atoms with Gasteiger partial charge in [-0.25, -0.2) is 0 Å². The summed E-state index contributed by atoms with van der Waals surface area (Å²) in [6.45, 7) is 2.40. The van der Waals surface area contributed by atoms with E-state index in [4.69, 9.17) is 21.4 Å². The van der Waals surface area contributed by atoms with Crippen LogP contribution in [0.4, 0.5) is 0 Å². The average Bonchev–Trinajstić information content (AvgIpc) is 2.09. The van der Waals surface area contributed by atoms with Crippen LogP contribution >= 0.6 is 11.6 Å². The van der Waals surface area contributed by atoms with Crippen molar-refractivity contribution < 1.29 is 14.6 Å². The molecule has 1 rings (SSSR count). The number of hydrogen-bond acceptors (Lipinski definition) is 2. The molecule has 0 aliphatic rings. The molecule has 4 heteroatoms. The van der Waals surface area contributed by atoms with Crippen LogP contribution in [-0.4, -0.2) is 17.7 Å². The van der Waals surface area contributed by atoms with Gasteiger partial charge in [0, 0.05) is 0 Å². The highest BCUT2D eigenvalue weighted by molar-refractivity contribution is 6.32. The predicted molar refractivity (Wildman–Crippen MR) is 54.0 cm³/mol. The van der Waals surface area contributed by atoms with Crippen LogP contribution in [0.25, 0.3) is 0 Å². The molecule has 76 valence electrons. The van der Waals surface area contributed by atoms with E-state index in [1.807, 2.05) is 6.92 Å². The highest BCUT2D eigenvalue weighted by Crippen LogP contribution is 2.25. The number of carbonyl (C=O) groups is 1. The summed E-state index contributed by atoms with van der Waals surface area (Å²) < 4.78 is 5.22. The largest absolute Gasteiger partial charge is 0.492 e. The van der Waals surface area contributed by atoms with Crippen LogP contribution in [0.5, 0.6) is 5.75 Å². The Hall–Kier alpha value is -1.22. The fourth-order valence-electron chi connectivity index (χ4n) is 1.10. The standard InChI is InChI=1S/C10H11ClO3/c1-2-14-9-4-3-7(5-8(9)11)6-10(12)13/h3-5H,2,6H2,1H3,(H,12,13). The Labute approximate surface area is 87.3 Å². The molecule has 14 heavy (non-hydrogen) atoms. The second-order valence-corrected chi connectivity index (χ2v) is 3.18. The molecule has 0 aliphatic carbocycles. The van der Waals surface area contributed by atoms with Crippen LogP contribution in [0.15, 0.2) is 18.2 Å². The minimum atomic E-state index is -0.870. The van der Waals surface area contributed by atoms with Gasteiger partial charge >= 0.3 is 5.97 Å². The lowest BCUT2D eigenvalue weighted by Crippen LogP contribution is -2.00. The molecule has 0 fully saturated rings. The van der Waals surface area contributed by atoms with Gasteiger partial charge in [0.1, 0.15) is 5.75 Å². The third-order valence-electron chi connectivity index (χ3n) is 1.65. The van der Waals surface area contributed by atoms with Crippen LogP contribution in [0.2, 0.25) is 5.02 Å². The number of carboxylic acids is 1. The number of rotatable bonds is 4. The van der Waals surface area contributed by atoms with Gasteiger partial charge in [-0.1, -0.05) is 17.7 Å². The molecule has 1 aromatic carbocycles. The van der Waals surface area contributed by atoms with Crippen molar-refractivity contribution >= 4 is 17.6 Å². The highest BCUT2D eigenvalue weighted by atomic mass is 35.5. The number of ether oxygens (including phenoxy) is 1. The van der Waals surface area contributed by atoms with Gasteiger partial charge in [-0.05, 0) is 24.6 Å². The molecule has 0 saturated carbocycles. The lowest BCUT2D eigenvalue weighted by Gasteiger charge is -2.06. The predicted octanol–water partition coefficient (Wildman–Crippen LogP) is 2.37. The van der Waals surface area contributed by atoms with Gasteiger partial charge in [0.15, 0.2) is 0 Å². The molecule has 0 aromatic heterocycles. The van der Waals surface area contributed by atoms with Crippen LogP contribution < -0.4 is 4.74 Å². The lowest BCUT2D eigenvalue weighted by molar-refractivity contribution is -0.136. The summed E-state index contributed by atoms with van der Waals surface area (Å²) in [6, 6.07) is 5.00. The Morgan fingerprint density at radius 2 is 2.29 bits per heavy atom. The minimum Gasteiger partial charge on any atom is -0.492 e. The molecule has 0 saturated heterocycles. The van der Waals surface area contributed by atoms with Crippen molar-refractivity contribution in [1.29, 1.82) is 0 Å². The van der Waals surface area contributed by atoms with Crippen molar-refractivity contribution in [2.24, 2.45) is 0 Å². The van der Waals surface area contributed by atoms with E-state index in [1.54, 1.807) is 18.2 Å². The molecule has 0 atom stereocenters. The molecular weight excluding hydrogens is 204 g/mol. The number of benzene rings is 1. The Kier molecular flexibility index (Phi) is 3.77. The maximum Gasteiger partial charge on any atom is 0.307 e. The van der Waals surface area contributed by atoms with Gasteiger partial charge in [0.2, 0.25) is 0 Å². The summed E-state index contributed by atoms with van der Waals surface area (Å²) in [7, 11) is 0. The zero-order valence-corrected chi connectivity index (χ0v) is 8.54. The molecule has 1 N–H and O–H groups in total. The summed E-state index contributed by atoms with van der Waals surface area (Å²) in [5, 5.41) is 9.01. The van der Waals surface area contributed by atoms with E-state index in [9.17, 15) is 4.79 Å². The Balaban J connectivity index is 2.83. The normalized spacial score (nSPS) is 9.86. The van der Waals surface area contributed by atoms with E-state index < -0.39 is 5.97 Å². The summed E-state index contributed by atoms with van der Waals surface area (Å²) in [5.74, 6) is -0.284. The van der Waals surface area contributed by atoms with E-state index in [0.29, 0.717) is 22.9 Å². The van der Waals surface area contributed by atoms with E-state index >= 15 is 0 Å². The van der Waals surface area contributed by atoms with Crippen molar-refractivity contribution in [3.05, 3.63) is 28.8 Å². The van der Waals surface area contributed by atoms with Crippen LogP contribution in [0, 0.1) is 0 Å². The summed E-state index contributed by atoms with van der Waals surface area (Å²) in [6.07, 6.45) is -0.0217. The maximum atomic E-state index is 10.4. The Morgan fingerprint density at radius 3 is 2.79 bits per heavy atom. The van der Waals surface area contributed by atoms with Crippen molar-refractivity contribution in [3.8, 4) is 5.75 Å². The lowest BCUT2D eigenvalue weighted by atomic mass is 10.1. The Morgan fingerprint density at radius 1 is 1.57 bits per heavy atom. The smallest absolute Gasteiger partial charge is 0.307 e. The first kappa shape index (κ1) is 10.9. The van der Waals surface area contributed by atoms with Crippen LogP contribution in [0.3, 0.4) is 0 Å². The third-order valence-corrected chi connectivity index (χ3v) is 1.95. The molecule has 0 spiro atoms. The average molecular weight is 215 g/mol. The molecule has 0 heterocycles. The van der Waals surface area contributed by atoms with E-state index in [1.165, 1.54) is 0 Å². The topological polar surface area (TPSA) is 46.5 Å². The quantitative estimate of drug-likeness (QED) is 0.837. The minimum absolute atomic E-state index is 0.0217. The second-order valence-electron chi connectivity index (χ2n) is 2.77. The molecule has 0 amide bonds. The molecule has 0 unspecified atom stereocenters. The molecule has 3 nitrogen and oxygen atoms in total. The SMILES string of the molecule is CCOc1ccc(CC(=O)O)cc1Cl. The third kappa shape index (κ3) is 2.92. The monoisotopic (exact) mass is 214 g/mol. The van der Waals surface area contributed by atoms with Crippen LogP contribution in [0.1, 0.15) is 12.5 Å². The summed E-state index contributed by atoms with van der Waals surface area (Å²) in [4.78, 5) is 10.4. The first-order valence-electron chi connectivity index (χ1n) is 4.26. The van der Waals surface area contributed by atoms with E-state index in [2.05, 4.69) is 0 Å². The fraction of sp³-hybridized carbons (Fsp3) is 0.300. The van der Waals surface area contributed by atoms with E-state index in [-0.39, 0.29) is 6.42 Å².